The fourth-order valence-corrected chi connectivity index (χ4v) is 1.25. The number of carbonyl (C=O) groups is 2. The zero-order valence-corrected chi connectivity index (χ0v) is 8.65. The van der Waals surface area contributed by atoms with Crippen LogP contribution < -0.4 is 0 Å². The van der Waals surface area contributed by atoms with Gasteiger partial charge < -0.3 is 0 Å². The van der Waals surface area contributed by atoms with Gasteiger partial charge in [0.2, 0.25) is 0 Å². The lowest BCUT2D eigenvalue weighted by Gasteiger charge is -2.05. The van der Waals surface area contributed by atoms with Gasteiger partial charge in [-0.3, -0.25) is 14.3 Å². The van der Waals surface area contributed by atoms with Crippen molar-refractivity contribution in [2.24, 2.45) is 13.0 Å². The molecule has 0 aromatic carbocycles. The van der Waals surface area contributed by atoms with Crippen LogP contribution in [0.4, 0.5) is 0 Å². The van der Waals surface area contributed by atoms with Gasteiger partial charge >= 0.3 is 0 Å². The van der Waals surface area contributed by atoms with Gasteiger partial charge in [0, 0.05) is 19.7 Å². The van der Waals surface area contributed by atoms with Crippen molar-refractivity contribution >= 4 is 11.6 Å². The Hall–Kier alpha value is -1.45. The molecular weight excluding hydrogens is 180 g/mol. The number of Topliss-reactive ketones (excluding diaryl/α,β-unsaturated/α-hetero) is 2. The number of rotatable bonds is 4. The van der Waals surface area contributed by atoms with Crippen LogP contribution in [0.5, 0.6) is 0 Å². The van der Waals surface area contributed by atoms with Crippen LogP contribution in [-0.2, 0) is 11.8 Å². The highest BCUT2D eigenvalue weighted by atomic mass is 16.1. The summed E-state index contributed by atoms with van der Waals surface area (Å²) in [6.07, 6.45) is 3.51. The molecule has 0 saturated carbocycles. The van der Waals surface area contributed by atoms with Crippen LogP contribution in [0.25, 0.3) is 0 Å². The molecule has 4 nitrogen and oxygen atoms in total. The molecule has 0 aliphatic carbocycles. The van der Waals surface area contributed by atoms with Gasteiger partial charge in [-0.15, -0.1) is 0 Å². The second kappa shape index (κ2) is 4.17. The number of carbonyl (C=O) groups excluding carboxylic acids is 2. The molecule has 0 fully saturated rings. The van der Waals surface area contributed by atoms with E-state index in [-0.39, 0.29) is 11.6 Å². The van der Waals surface area contributed by atoms with Gasteiger partial charge in [-0.1, -0.05) is 6.92 Å². The number of aromatic nitrogens is 2. The van der Waals surface area contributed by atoms with Crippen molar-refractivity contribution in [2.75, 3.05) is 0 Å². The molecule has 0 aliphatic rings. The van der Waals surface area contributed by atoms with Crippen LogP contribution in [0.15, 0.2) is 12.4 Å². The standard InChI is InChI=1S/C10H14N2O2/c1-4-9(13)7(2)10(14)8-5-11-12(3)6-8/h5-7H,4H2,1-3H3/t7-/m0/s1. The molecule has 0 spiro atoms. The van der Waals surface area contributed by atoms with Crippen molar-refractivity contribution in [3.63, 3.8) is 0 Å². The third-order valence-electron chi connectivity index (χ3n) is 2.21. The van der Waals surface area contributed by atoms with Crippen LogP contribution >= 0.6 is 0 Å². The quantitative estimate of drug-likeness (QED) is 0.535. The summed E-state index contributed by atoms with van der Waals surface area (Å²) < 4.78 is 1.55. The Morgan fingerprint density at radius 1 is 1.57 bits per heavy atom. The molecule has 1 rings (SSSR count). The maximum atomic E-state index is 11.7. The largest absolute Gasteiger partial charge is 0.299 e. The number of nitrogens with zero attached hydrogens (tertiary/aromatic N) is 2. The Labute approximate surface area is 82.9 Å². The number of hydrogen-bond donors (Lipinski definition) is 0. The molecule has 14 heavy (non-hydrogen) atoms. The van der Waals surface area contributed by atoms with Gasteiger partial charge in [-0.2, -0.15) is 5.10 Å². The SMILES string of the molecule is CCC(=O)[C@H](C)C(=O)c1cnn(C)c1. The molecule has 0 saturated heterocycles. The second-order valence-electron chi connectivity index (χ2n) is 3.31. The minimum atomic E-state index is -0.552. The molecule has 1 heterocycles. The molecule has 0 radical (unpaired) electrons. The van der Waals surface area contributed by atoms with E-state index < -0.39 is 5.92 Å². The van der Waals surface area contributed by atoms with E-state index in [4.69, 9.17) is 0 Å². The molecule has 0 amide bonds. The van der Waals surface area contributed by atoms with E-state index in [1.54, 1.807) is 31.8 Å². The first kappa shape index (κ1) is 10.6. The first-order valence-corrected chi connectivity index (χ1v) is 4.61. The summed E-state index contributed by atoms with van der Waals surface area (Å²) in [5.41, 5.74) is 0.502. The maximum Gasteiger partial charge on any atom is 0.176 e. The number of aryl methyl sites for hydroxylation is 1. The molecular formula is C10H14N2O2. The third kappa shape index (κ3) is 2.07. The van der Waals surface area contributed by atoms with Crippen LogP contribution in [0.2, 0.25) is 0 Å². The summed E-state index contributed by atoms with van der Waals surface area (Å²) in [5.74, 6) is -0.729. The third-order valence-corrected chi connectivity index (χ3v) is 2.21. The molecule has 1 aromatic rings. The molecule has 4 heteroatoms. The summed E-state index contributed by atoms with van der Waals surface area (Å²) >= 11 is 0. The maximum absolute atomic E-state index is 11.7. The van der Waals surface area contributed by atoms with E-state index in [1.165, 1.54) is 6.20 Å². The predicted octanol–water partition coefficient (Wildman–Crippen LogP) is 1.22. The van der Waals surface area contributed by atoms with E-state index in [0.29, 0.717) is 12.0 Å². The second-order valence-corrected chi connectivity index (χ2v) is 3.31. The molecule has 0 unspecified atom stereocenters. The number of ketones is 2. The normalized spacial score (nSPS) is 12.5. The fraction of sp³-hybridized carbons (Fsp3) is 0.500. The summed E-state index contributed by atoms with van der Waals surface area (Å²) in [4.78, 5) is 23.0. The lowest BCUT2D eigenvalue weighted by molar-refractivity contribution is -0.120. The van der Waals surface area contributed by atoms with E-state index in [1.807, 2.05) is 0 Å². The van der Waals surface area contributed by atoms with Gasteiger partial charge in [0.05, 0.1) is 17.7 Å². The fourth-order valence-electron chi connectivity index (χ4n) is 1.25. The Bertz CT molecular complexity index is 355. The van der Waals surface area contributed by atoms with E-state index in [0.717, 1.165) is 0 Å². The smallest absolute Gasteiger partial charge is 0.176 e. The summed E-state index contributed by atoms with van der Waals surface area (Å²) in [6, 6.07) is 0. The molecule has 0 bridgehead atoms. The summed E-state index contributed by atoms with van der Waals surface area (Å²) in [5, 5.41) is 3.89. The molecule has 0 aliphatic heterocycles. The highest BCUT2D eigenvalue weighted by molar-refractivity contribution is 6.10. The lowest BCUT2D eigenvalue weighted by atomic mass is 9.96. The molecule has 76 valence electrons. The molecule has 1 atom stereocenters. The Morgan fingerprint density at radius 2 is 2.21 bits per heavy atom. The minimum absolute atomic E-state index is 0.0288. The number of hydrogen-bond acceptors (Lipinski definition) is 3. The van der Waals surface area contributed by atoms with E-state index >= 15 is 0 Å². The van der Waals surface area contributed by atoms with Gasteiger partial charge in [0.25, 0.3) is 0 Å². The monoisotopic (exact) mass is 194 g/mol. The topological polar surface area (TPSA) is 52.0 Å². The highest BCUT2D eigenvalue weighted by Gasteiger charge is 2.21. The highest BCUT2D eigenvalue weighted by Crippen LogP contribution is 2.10. The van der Waals surface area contributed by atoms with Gasteiger partial charge in [0.1, 0.15) is 5.78 Å². The average molecular weight is 194 g/mol. The summed E-state index contributed by atoms with van der Waals surface area (Å²) in [6.45, 7) is 3.40. The van der Waals surface area contributed by atoms with Crippen LogP contribution in [0, 0.1) is 5.92 Å². The Kier molecular flexibility index (Phi) is 3.17. The Morgan fingerprint density at radius 3 is 2.64 bits per heavy atom. The van der Waals surface area contributed by atoms with Crippen molar-refractivity contribution in [1.29, 1.82) is 0 Å². The first-order chi connectivity index (χ1) is 6.56. The van der Waals surface area contributed by atoms with Crippen LogP contribution in [0.1, 0.15) is 30.6 Å². The van der Waals surface area contributed by atoms with Gasteiger partial charge in [0.15, 0.2) is 5.78 Å². The summed E-state index contributed by atoms with van der Waals surface area (Å²) in [7, 11) is 1.74. The molecule has 1 aromatic heterocycles. The minimum Gasteiger partial charge on any atom is -0.299 e. The van der Waals surface area contributed by atoms with Crippen LogP contribution in [-0.4, -0.2) is 21.3 Å². The van der Waals surface area contributed by atoms with Crippen molar-refractivity contribution in [3.8, 4) is 0 Å². The van der Waals surface area contributed by atoms with Crippen molar-refractivity contribution in [1.82, 2.24) is 9.78 Å². The van der Waals surface area contributed by atoms with Crippen molar-refractivity contribution in [2.45, 2.75) is 20.3 Å². The Balaban J connectivity index is 2.80. The lowest BCUT2D eigenvalue weighted by Crippen LogP contribution is -2.20. The van der Waals surface area contributed by atoms with Crippen molar-refractivity contribution in [3.05, 3.63) is 18.0 Å². The predicted molar refractivity (Wildman–Crippen MR) is 52.0 cm³/mol. The zero-order chi connectivity index (χ0) is 10.7. The van der Waals surface area contributed by atoms with E-state index in [2.05, 4.69) is 5.10 Å². The average Bonchev–Trinajstić information content (AvgIpc) is 2.61. The van der Waals surface area contributed by atoms with E-state index in [9.17, 15) is 9.59 Å². The zero-order valence-electron chi connectivity index (χ0n) is 8.65. The van der Waals surface area contributed by atoms with Crippen molar-refractivity contribution < 1.29 is 9.59 Å². The van der Waals surface area contributed by atoms with Crippen LogP contribution in [0.3, 0.4) is 0 Å². The first-order valence-electron chi connectivity index (χ1n) is 4.61. The molecule has 0 N–H and O–H groups in total. The van der Waals surface area contributed by atoms with Gasteiger partial charge in [-0.05, 0) is 6.92 Å². The van der Waals surface area contributed by atoms with Gasteiger partial charge in [-0.25, -0.2) is 0 Å².